The Hall–Kier alpha value is -3.03. The van der Waals surface area contributed by atoms with Crippen LogP contribution in [0.4, 0.5) is 0 Å². The van der Waals surface area contributed by atoms with E-state index in [1.807, 2.05) is 6.08 Å². The molecule has 3 aliphatic heterocycles. The van der Waals surface area contributed by atoms with Gasteiger partial charge in [-0.1, -0.05) is 324 Å². The fourth-order valence-electron chi connectivity index (χ4n) is 13.9. The molecule has 12 N–H and O–H groups in total. The van der Waals surface area contributed by atoms with Gasteiger partial charge >= 0.3 is 0 Å². The molecule has 610 valence electrons. The largest absolute Gasteiger partial charge is 0.394 e. The molecular weight excluding hydrogens is 1330 g/mol. The molecule has 0 saturated carbocycles. The highest BCUT2D eigenvalue weighted by Gasteiger charge is 2.54. The van der Waals surface area contributed by atoms with E-state index >= 15 is 0 Å². The zero-order valence-electron chi connectivity index (χ0n) is 65.4. The second-order valence-corrected chi connectivity index (χ2v) is 29.9. The minimum absolute atomic E-state index is 0.236. The number of allylic oxidation sites excluding steroid dienone is 13. The summed E-state index contributed by atoms with van der Waals surface area (Å²) in [5.41, 5.74) is 0. The number of hydrogen-bond acceptors (Lipinski definition) is 18. The summed E-state index contributed by atoms with van der Waals surface area (Å²) in [6.07, 6.45) is 61.6. The van der Waals surface area contributed by atoms with Gasteiger partial charge in [-0.3, -0.25) is 4.79 Å². The highest BCUT2D eigenvalue weighted by atomic mass is 16.8. The lowest BCUT2D eigenvalue weighted by Crippen LogP contribution is -2.66. The molecule has 0 radical (unpaired) electrons. The molecule has 3 saturated heterocycles. The minimum atomic E-state index is -1.98. The molecule has 17 unspecified atom stereocenters. The molecule has 3 rings (SSSR count). The third kappa shape index (κ3) is 45.2. The molecule has 0 aromatic heterocycles. The van der Waals surface area contributed by atoms with Crippen molar-refractivity contribution in [3.8, 4) is 0 Å². The van der Waals surface area contributed by atoms with E-state index in [9.17, 15) is 61.0 Å². The highest BCUT2D eigenvalue weighted by Crippen LogP contribution is 2.33. The Morgan fingerprint density at radius 3 is 1.07 bits per heavy atom. The van der Waals surface area contributed by atoms with E-state index in [1.54, 1.807) is 6.08 Å². The molecule has 0 aromatic rings. The van der Waals surface area contributed by atoms with Crippen LogP contribution in [-0.4, -0.2) is 193 Å². The van der Waals surface area contributed by atoms with Crippen molar-refractivity contribution in [2.24, 2.45) is 0 Å². The zero-order valence-corrected chi connectivity index (χ0v) is 65.4. The molecule has 105 heavy (non-hydrogen) atoms. The van der Waals surface area contributed by atoms with E-state index < -0.39 is 124 Å². The van der Waals surface area contributed by atoms with Crippen molar-refractivity contribution in [2.75, 3.05) is 26.4 Å². The Balaban J connectivity index is 1.32. The monoisotopic (exact) mass is 1490 g/mol. The summed E-state index contributed by atoms with van der Waals surface area (Å²) < 4.78 is 34.5. The van der Waals surface area contributed by atoms with Gasteiger partial charge in [-0.2, -0.15) is 0 Å². The van der Waals surface area contributed by atoms with Crippen LogP contribution in [0.2, 0.25) is 0 Å². The molecule has 3 heterocycles. The van der Waals surface area contributed by atoms with Gasteiger partial charge in [-0.15, -0.1) is 0 Å². The highest BCUT2D eigenvalue weighted by molar-refractivity contribution is 5.76. The van der Waals surface area contributed by atoms with E-state index in [2.05, 4.69) is 92.1 Å². The maximum atomic E-state index is 13.5. The lowest BCUT2D eigenvalue weighted by Gasteiger charge is -2.48. The summed E-state index contributed by atoms with van der Waals surface area (Å²) >= 11 is 0. The molecular formula is C86H153NO18. The van der Waals surface area contributed by atoms with Crippen molar-refractivity contribution in [1.82, 2.24) is 5.32 Å². The molecule has 0 bridgehead atoms. The number of rotatable bonds is 67. The summed E-state index contributed by atoms with van der Waals surface area (Å²) in [4.78, 5) is 13.5. The summed E-state index contributed by atoms with van der Waals surface area (Å²) in [5.74, 6) is -0.281. The predicted molar refractivity (Wildman–Crippen MR) is 420 cm³/mol. The van der Waals surface area contributed by atoms with Crippen LogP contribution in [0.5, 0.6) is 0 Å². The van der Waals surface area contributed by atoms with Gasteiger partial charge in [0.2, 0.25) is 5.91 Å². The van der Waals surface area contributed by atoms with E-state index in [1.165, 1.54) is 218 Å². The average Bonchev–Trinajstić information content (AvgIpc) is 0.780. The first kappa shape index (κ1) is 96.2. The van der Waals surface area contributed by atoms with Crippen LogP contribution in [0.15, 0.2) is 85.1 Å². The average molecular weight is 1490 g/mol. The number of carbonyl (C=O) groups is 1. The first-order valence-electron chi connectivity index (χ1n) is 42.3. The summed E-state index contributed by atoms with van der Waals surface area (Å²) in [6.45, 7) is 1.64. The van der Waals surface area contributed by atoms with Crippen molar-refractivity contribution in [3.63, 3.8) is 0 Å². The summed E-state index contributed by atoms with van der Waals surface area (Å²) in [6, 6.07) is -0.993. The number of hydrogen-bond donors (Lipinski definition) is 12. The number of ether oxygens (including phenoxy) is 6. The van der Waals surface area contributed by atoms with E-state index in [-0.39, 0.29) is 18.9 Å². The van der Waals surface area contributed by atoms with Gasteiger partial charge in [0.1, 0.15) is 73.2 Å². The SMILES string of the molecule is CC/C=C\C/C=C\C/C=C\C/C=C\C/C=C\CCCCCCCCCCCCCCCCCCCCCCCCCC(=O)NC(COC1OC(CO)C(OC2OC(CO)C(OC3OC(CO)C(O)C(O)C3O)C(O)C2O)C(O)C1O)C(O)/C=C/CC/C=C/CCCCCCCCCCCCCCCCC. The van der Waals surface area contributed by atoms with Crippen LogP contribution in [0.1, 0.15) is 322 Å². The van der Waals surface area contributed by atoms with Crippen LogP contribution in [0.3, 0.4) is 0 Å². The number of carbonyl (C=O) groups excluding carboxylic acids is 1. The van der Waals surface area contributed by atoms with Crippen molar-refractivity contribution in [1.29, 1.82) is 0 Å². The van der Waals surface area contributed by atoms with Crippen LogP contribution >= 0.6 is 0 Å². The molecule has 3 aliphatic rings. The smallest absolute Gasteiger partial charge is 0.220 e. The van der Waals surface area contributed by atoms with Crippen LogP contribution in [-0.2, 0) is 33.2 Å². The second kappa shape index (κ2) is 65.7. The van der Waals surface area contributed by atoms with Crippen molar-refractivity contribution in [2.45, 2.75) is 426 Å². The number of aliphatic hydroxyl groups is 11. The third-order valence-corrected chi connectivity index (χ3v) is 20.7. The van der Waals surface area contributed by atoms with Gasteiger partial charge in [0, 0.05) is 6.42 Å². The minimum Gasteiger partial charge on any atom is -0.394 e. The van der Waals surface area contributed by atoms with Gasteiger partial charge in [-0.05, 0) is 77.0 Å². The molecule has 17 atom stereocenters. The predicted octanol–water partition coefficient (Wildman–Crippen LogP) is 15.0. The fraction of sp³-hybridized carbons (Fsp3) is 0.826. The Morgan fingerprint density at radius 2 is 0.667 bits per heavy atom. The first-order chi connectivity index (χ1) is 51.3. The van der Waals surface area contributed by atoms with Crippen molar-refractivity contribution in [3.05, 3.63) is 85.1 Å². The third-order valence-electron chi connectivity index (χ3n) is 20.7. The number of aliphatic hydroxyl groups excluding tert-OH is 11. The Kier molecular flexibility index (Phi) is 60.1. The van der Waals surface area contributed by atoms with E-state index in [0.717, 1.165) is 70.6 Å². The fourth-order valence-corrected chi connectivity index (χ4v) is 13.9. The van der Waals surface area contributed by atoms with Crippen molar-refractivity contribution >= 4 is 5.91 Å². The van der Waals surface area contributed by atoms with Gasteiger partial charge in [0.15, 0.2) is 18.9 Å². The van der Waals surface area contributed by atoms with Crippen molar-refractivity contribution < 1.29 is 89.4 Å². The van der Waals surface area contributed by atoms with Gasteiger partial charge in [-0.25, -0.2) is 0 Å². The zero-order chi connectivity index (χ0) is 76.0. The standard InChI is InChI=1S/C86H153NO18/c1-3-5-7-9-11-13-15-17-19-21-23-25-26-27-28-29-30-31-32-33-34-35-36-37-38-39-40-41-42-44-46-48-50-52-54-56-58-60-62-64-74(92)87-69(70(91)63-61-59-57-55-53-51-49-47-45-43-24-22-20-18-16-14-12-10-8-6-4-2)68-100-84-80(98)77(95)82(72(66-89)102-84)105-86-81(99)78(96)83(73(67-90)103-86)104-85-79(97)76(94)75(93)71(65-88)101-85/h5,7,11,13,17,19,23,25,27-28,53,55,61,63,69-73,75-86,88-91,93-99H,3-4,6,8-10,12,14-16,18,20-22,24,26,29-52,54,56-60,62,64-68H2,1-2H3,(H,87,92)/b7-5-,13-11-,19-17-,25-23-,28-27-,55-53+,63-61+. The molecule has 0 aliphatic carbocycles. The number of nitrogens with one attached hydrogen (secondary N) is 1. The molecule has 0 aromatic carbocycles. The molecule has 0 spiro atoms. The molecule has 1 amide bonds. The molecule has 19 nitrogen and oxygen atoms in total. The first-order valence-corrected chi connectivity index (χ1v) is 42.3. The van der Waals surface area contributed by atoms with Gasteiger partial charge in [0.05, 0.1) is 38.6 Å². The van der Waals surface area contributed by atoms with Crippen LogP contribution in [0.25, 0.3) is 0 Å². The van der Waals surface area contributed by atoms with E-state index in [4.69, 9.17) is 28.4 Å². The molecule has 19 heteroatoms. The maximum Gasteiger partial charge on any atom is 0.220 e. The van der Waals surface area contributed by atoms with Crippen LogP contribution in [0, 0.1) is 0 Å². The lowest BCUT2D eigenvalue weighted by atomic mass is 9.96. The Labute approximate surface area is 635 Å². The second-order valence-electron chi connectivity index (χ2n) is 29.9. The summed E-state index contributed by atoms with van der Waals surface area (Å²) in [7, 11) is 0. The van der Waals surface area contributed by atoms with Crippen LogP contribution < -0.4 is 5.32 Å². The Morgan fingerprint density at radius 1 is 0.352 bits per heavy atom. The molecule has 3 fully saturated rings. The van der Waals surface area contributed by atoms with Gasteiger partial charge in [0.25, 0.3) is 0 Å². The maximum absolute atomic E-state index is 13.5. The lowest BCUT2D eigenvalue weighted by molar-refractivity contribution is -0.379. The number of amides is 1. The van der Waals surface area contributed by atoms with E-state index in [0.29, 0.717) is 12.8 Å². The summed E-state index contributed by atoms with van der Waals surface area (Å²) in [5, 5.41) is 121. The Bertz CT molecular complexity index is 2230. The van der Waals surface area contributed by atoms with Gasteiger partial charge < -0.3 is 89.9 Å². The topological polar surface area (TPSA) is 307 Å². The number of unbranched alkanes of at least 4 members (excludes halogenated alkanes) is 39. The quantitative estimate of drug-likeness (QED) is 0.0199. The normalized spacial score (nSPS) is 26.2.